The van der Waals surface area contributed by atoms with E-state index in [2.05, 4.69) is 10.3 Å². The third-order valence-corrected chi connectivity index (χ3v) is 6.43. The van der Waals surface area contributed by atoms with Gasteiger partial charge in [0.05, 0.1) is 16.7 Å². The van der Waals surface area contributed by atoms with Crippen LogP contribution in [0.1, 0.15) is 22.8 Å². The molecule has 0 bridgehead atoms. The molecule has 0 atom stereocenters. The number of aromatic nitrogens is 2. The minimum absolute atomic E-state index is 0.0689. The lowest BCUT2D eigenvalue weighted by Gasteiger charge is -2.11. The van der Waals surface area contributed by atoms with Gasteiger partial charge in [0.25, 0.3) is 5.56 Å². The molecular formula is C27H22ClN3O3S. The van der Waals surface area contributed by atoms with E-state index in [1.54, 1.807) is 65.2 Å². The number of hydrogen-bond donors (Lipinski definition) is 1. The van der Waals surface area contributed by atoms with Crippen LogP contribution in [0.25, 0.3) is 17.0 Å². The van der Waals surface area contributed by atoms with Crippen LogP contribution in [0.4, 0.5) is 5.69 Å². The Balaban J connectivity index is 1.42. The average Bonchev–Trinajstić information content (AvgIpc) is 2.87. The fraction of sp³-hybridized carbons (Fsp3) is 0.111. The molecule has 0 aliphatic rings. The Labute approximate surface area is 211 Å². The fourth-order valence-corrected chi connectivity index (χ4v) is 4.45. The van der Waals surface area contributed by atoms with Gasteiger partial charge in [0.15, 0.2) is 10.9 Å². The van der Waals surface area contributed by atoms with Gasteiger partial charge in [0.2, 0.25) is 5.91 Å². The first-order chi connectivity index (χ1) is 16.9. The number of benzene rings is 3. The van der Waals surface area contributed by atoms with E-state index in [0.717, 1.165) is 5.56 Å². The SMILES string of the molecule is CCn1c(SCC(=O)Nc2cccc(C(=O)/C=C/c3ccc(Cl)cc3)c2)nc2ccccc2c1=O. The molecule has 0 aliphatic carbocycles. The molecular weight excluding hydrogens is 482 g/mol. The lowest BCUT2D eigenvalue weighted by Crippen LogP contribution is -2.23. The zero-order chi connectivity index (χ0) is 24.8. The number of anilines is 1. The van der Waals surface area contributed by atoms with Crippen molar-refractivity contribution in [3.8, 4) is 0 Å². The number of thioether (sulfide) groups is 1. The van der Waals surface area contributed by atoms with Gasteiger partial charge in [-0.1, -0.05) is 65.8 Å². The Morgan fingerprint density at radius 2 is 1.83 bits per heavy atom. The second kappa shape index (κ2) is 11.2. The summed E-state index contributed by atoms with van der Waals surface area (Å²) in [4.78, 5) is 42.5. The van der Waals surface area contributed by atoms with Crippen molar-refractivity contribution in [2.75, 3.05) is 11.1 Å². The first-order valence-corrected chi connectivity index (χ1v) is 12.3. The largest absolute Gasteiger partial charge is 0.325 e. The maximum Gasteiger partial charge on any atom is 0.262 e. The van der Waals surface area contributed by atoms with Crippen molar-refractivity contribution in [3.05, 3.63) is 105 Å². The van der Waals surface area contributed by atoms with E-state index in [9.17, 15) is 14.4 Å². The Morgan fingerprint density at radius 1 is 1.06 bits per heavy atom. The summed E-state index contributed by atoms with van der Waals surface area (Å²) in [5, 5.41) is 4.48. The van der Waals surface area contributed by atoms with E-state index in [4.69, 9.17) is 11.6 Å². The molecule has 0 unspecified atom stereocenters. The van der Waals surface area contributed by atoms with Gasteiger partial charge in [-0.15, -0.1) is 0 Å². The average molecular weight is 504 g/mol. The number of rotatable bonds is 8. The van der Waals surface area contributed by atoms with E-state index in [0.29, 0.717) is 38.9 Å². The van der Waals surface area contributed by atoms with Crippen LogP contribution in [0.2, 0.25) is 5.02 Å². The standard InChI is InChI=1S/C27H22ClN3O3S/c1-2-31-26(34)22-8-3-4-9-23(22)30-27(31)35-17-25(33)29-21-7-5-6-19(16-21)24(32)15-12-18-10-13-20(28)14-11-18/h3-16H,2,17H2,1H3,(H,29,33)/b15-12+. The van der Waals surface area contributed by atoms with Gasteiger partial charge in [-0.3, -0.25) is 19.0 Å². The predicted octanol–water partition coefficient (Wildman–Crippen LogP) is 5.70. The number of nitrogens with one attached hydrogen (secondary N) is 1. The van der Waals surface area contributed by atoms with Crippen LogP contribution in [0.3, 0.4) is 0 Å². The zero-order valence-electron chi connectivity index (χ0n) is 18.9. The molecule has 6 nitrogen and oxygen atoms in total. The summed E-state index contributed by atoms with van der Waals surface area (Å²) in [5.41, 5.74) is 2.30. The summed E-state index contributed by atoms with van der Waals surface area (Å²) in [5.74, 6) is -0.376. The van der Waals surface area contributed by atoms with Crippen LogP contribution in [0.5, 0.6) is 0 Å². The highest BCUT2D eigenvalue weighted by Crippen LogP contribution is 2.19. The number of halogens is 1. The van der Waals surface area contributed by atoms with Crippen LogP contribution in [0, 0.1) is 0 Å². The number of ketones is 1. The maximum absolute atomic E-state index is 12.7. The molecule has 176 valence electrons. The molecule has 0 saturated carbocycles. The van der Waals surface area contributed by atoms with E-state index < -0.39 is 0 Å². The first-order valence-electron chi connectivity index (χ1n) is 10.9. The Kier molecular flexibility index (Phi) is 7.80. The molecule has 8 heteroatoms. The molecule has 0 aliphatic heterocycles. The molecule has 0 spiro atoms. The van der Waals surface area contributed by atoms with Crippen molar-refractivity contribution < 1.29 is 9.59 Å². The third kappa shape index (κ3) is 6.07. The predicted molar refractivity (Wildman–Crippen MR) is 142 cm³/mol. The normalized spacial score (nSPS) is 11.1. The number of amides is 1. The molecule has 0 saturated heterocycles. The van der Waals surface area contributed by atoms with Crippen molar-refractivity contribution in [2.45, 2.75) is 18.6 Å². The number of fused-ring (bicyclic) bond motifs is 1. The highest BCUT2D eigenvalue weighted by molar-refractivity contribution is 7.99. The number of nitrogens with zero attached hydrogens (tertiary/aromatic N) is 2. The Morgan fingerprint density at radius 3 is 2.60 bits per heavy atom. The second-order valence-corrected chi connectivity index (χ2v) is 9.01. The molecule has 3 aromatic carbocycles. The van der Waals surface area contributed by atoms with Gasteiger partial charge in [0, 0.05) is 22.8 Å². The highest BCUT2D eigenvalue weighted by Gasteiger charge is 2.13. The van der Waals surface area contributed by atoms with Gasteiger partial charge in [0.1, 0.15) is 0 Å². The van der Waals surface area contributed by atoms with Gasteiger partial charge in [-0.25, -0.2) is 4.98 Å². The monoisotopic (exact) mass is 503 g/mol. The Hall–Kier alpha value is -3.68. The number of hydrogen-bond acceptors (Lipinski definition) is 5. The zero-order valence-corrected chi connectivity index (χ0v) is 20.5. The number of carbonyl (C=O) groups is 2. The molecule has 0 radical (unpaired) electrons. The van der Waals surface area contributed by atoms with Gasteiger partial charge in [-0.2, -0.15) is 0 Å². The van der Waals surface area contributed by atoms with E-state index in [1.165, 1.54) is 17.8 Å². The second-order valence-electron chi connectivity index (χ2n) is 7.63. The van der Waals surface area contributed by atoms with Gasteiger partial charge in [-0.05, 0) is 55.0 Å². The first kappa shape index (κ1) is 24.4. The van der Waals surface area contributed by atoms with Gasteiger partial charge >= 0.3 is 0 Å². The summed E-state index contributed by atoms with van der Waals surface area (Å²) in [6.07, 6.45) is 3.19. The van der Waals surface area contributed by atoms with Crippen molar-refractivity contribution in [1.82, 2.24) is 9.55 Å². The third-order valence-electron chi connectivity index (χ3n) is 5.20. The van der Waals surface area contributed by atoms with Crippen molar-refractivity contribution in [1.29, 1.82) is 0 Å². The van der Waals surface area contributed by atoms with E-state index >= 15 is 0 Å². The maximum atomic E-state index is 12.7. The molecule has 4 aromatic rings. The molecule has 0 fully saturated rings. The number of para-hydroxylation sites is 1. The topological polar surface area (TPSA) is 81.1 Å². The minimum atomic E-state index is -0.263. The summed E-state index contributed by atoms with van der Waals surface area (Å²) in [6, 6.07) is 21.1. The molecule has 4 rings (SSSR count). The summed E-state index contributed by atoms with van der Waals surface area (Å²) < 4.78 is 1.56. The van der Waals surface area contributed by atoms with Gasteiger partial charge < -0.3 is 5.32 Å². The van der Waals surface area contributed by atoms with Crippen LogP contribution in [0.15, 0.2) is 88.8 Å². The van der Waals surface area contributed by atoms with Crippen molar-refractivity contribution in [2.24, 2.45) is 0 Å². The van der Waals surface area contributed by atoms with Crippen LogP contribution in [-0.4, -0.2) is 27.0 Å². The van der Waals surface area contributed by atoms with E-state index in [-0.39, 0.29) is 23.0 Å². The Bertz CT molecular complexity index is 1480. The summed E-state index contributed by atoms with van der Waals surface area (Å²) in [7, 11) is 0. The number of carbonyl (C=O) groups excluding carboxylic acids is 2. The number of allylic oxidation sites excluding steroid dienone is 1. The smallest absolute Gasteiger partial charge is 0.262 e. The fourth-order valence-electron chi connectivity index (χ4n) is 3.46. The van der Waals surface area contributed by atoms with E-state index in [1.807, 2.05) is 25.1 Å². The molecule has 1 aromatic heterocycles. The quantitative estimate of drug-likeness (QED) is 0.144. The summed E-state index contributed by atoms with van der Waals surface area (Å²) in [6.45, 7) is 2.32. The highest BCUT2D eigenvalue weighted by atomic mass is 35.5. The van der Waals surface area contributed by atoms with Crippen molar-refractivity contribution in [3.63, 3.8) is 0 Å². The van der Waals surface area contributed by atoms with Crippen molar-refractivity contribution >= 4 is 57.7 Å². The van der Waals surface area contributed by atoms with Crippen LogP contribution in [-0.2, 0) is 11.3 Å². The molecule has 35 heavy (non-hydrogen) atoms. The molecule has 1 heterocycles. The summed E-state index contributed by atoms with van der Waals surface area (Å²) >= 11 is 7.08. The lowest BCUT2D eigenvalue weighted by molar-refractivity contribution is -0.113. The minimum Gasteiger partial charge on any atom is -0.325 e. The van der Waals surface area contributed by atoms with Crippen LogP contribution >= 0.6 is 23.4 Å². The van der Waals surface area contributed by atoms with Crippen LogP contribution < -0.4 is 10.9 Å². The molecule has 1 N–H and O–H groups in total. The molecule has 1 amide bonds. The lowest BCUT2D eigenvalue weighted by atomic mass is 10.1.